The average Bonchev–Trinajstić information content (AvgIpc) is 2.39. The highest BCUT2D eigenvalue weighted by Crippen LogP contribution is 2.36. The maximum atomic E-state index is 12.6. The molecule has 0 aliphatic rings. The van der Waals surface area contributed by atoms with Crippen LogP contribution < -0.4 is 4.74 Å². The molecule has 2 aromatic rings. The van der Waals surface area contributed by atoms with Crippen molar-refractivity contribution < 1.29 is 26.3 Å². The van der Waals surface area contributed by atoms with Crippen molar-refractivity contribution in [2.24, 2.45) is 0 Å². The molecule has 0 aliphatic heterocycles. The number of benzene rings is 2. The summed E-state index contributed by atoms with van der Waals surface area (Å²) >= 11 is 3.00. The van der Waals surface area contributed by atoms with Gasteiger partial charge in [0.25, 0.3) is 9.05 Å². The summed E-state index contributed by atoms with van der Waals surface area (Å²) in [7, 11) is 1.33. The molecule has 0 heterocycles. The van der Waals surface area contributed by atoms with Gasteiger partial charge in [-0.25, -0.2) is 8.42 Å². The quantitative estimate of drug-likeness (QED) is 0.648. The number of halogens is 5. The van der Waals surface area contributed by atoms with Crippen molar-refractivity contribution in [2.75, 3.05) is 0 Å². The first-order valence-corrected chi connectivity index (χ1v) is 8.77. The van der Waals surface area contributed by atoms with Crippen LogP contribution in [-0.4, -0.2) is 8.42 Å². The van der Waals surface area contributed by atoms with Crippen LogP contribution in [0.15, 0.2) is 51.8 Å². The molecule has 118 valence electrons. The van der Waals surface area contributed by atoms with E-state index in [9.17, 15) is 21.6 Å². The highest BCUT2D eigenvalue weighted by molar-refractivity contribution is 9.10. The summed E-state index contributed by atoms with van der Waals surface area (Å²) < 4.78 is 65.4. The number of rotatable bonds is 3. The van der Waals surface area contributed by atoms with Gasteiger partial charge in [-0.15, -0.1) is 0 Å². The van der Waals surface area contributed by atoms with E-state index in [1.54, 1.807) is 0 Å². The van der Waals surface area contributed by atoms with E-state index >= 15 is 0 Å². The Labute approximate surface area is 137 Å². The summed E-state index contributed by atoms with van der Waals surface area (Å²) in [5.74, 6) is 0.416. The number of hydrogen-bond acceptors (Lipinski definition) is 3. The van der Waals surface area contributed by atoms with Gasteiger partial charge in [0.05, 0.1) is 14.9 Å². The normalized spacial score (nSPS) is 12.2. The molecule has 22 heavy (non-hydrogen) atoms. The van der Waals surface area contributed by atoms with Crippen molar-refractivity contribution in [3.05, 3.63) is 52.5 Å². The van der Waals surface area contributed by atoms with Gasteiger partial charge in [-0.1, -0.05) is 0 Å². The SMILES string of the molecule is O=S(=O)(Cl)c1ccc(Oc2ccc(C(F)(F)F)cc2Br)cc1. The third-order valence-corrected chi connectivity index (χ3v) is 4.58. The smallest absolute Gasteiger partial charge is 0.416 e. The average molecular weight is 416 g/mol. The Morgan fingerprint density at radius 1 is 1.05 bits per heavy atom. The van der Waals surface area contributed by atoms with Crippen molar-refractivity contribution in [1.29, 1.82) is 0 Å². The van der Waals surface area contributed by atoms with Crippen LogP contribution in [0.2, 0.25) is 0 Å². The summed E-state index contributed by atoms with van der Waals surface area (Å²) in [6.45, 7) is 0. The van der Waals surface area contributed by atoms with Crippen LogP contribution in [0.5, 0.6) is 11.5 Å². The van der Waals surface area contributed by atoms with Crippen molar-refractivity contribution in [3.8, 4) is 11.5 Å². The van der Waals surface area contributed by atoms with E-state index in [1.165, 1.54) is 30.3 Å². The molecule has 0 atom stereocenters. The summed E-state index contributed by atoms with van der Waals surface area (Å²) in [5.41, 5.74) is -0.810. The number of alkyl halides is 3. The third kappa shape index (κ3) is 4.15. The molecule has 0 amide bonds. The van der Waals surface area contributed by atoms with Crippen LogP contribution in [-0.2, 0) is 15.2 Å². The molecule has 0 saturated heterocycles. The lowest BCUT2D eigenvalue weighted by Gasteiger charge is -2.11. The first-order valence-electron chi connectivity index (χ1n) is 5.67. The van der Waals surface area contributed by atoms with Gasteiger partial charge in [0.15, 0.2) is 0 Å². The predicted octanol–water partition coefficient (Wildman–Crippen LogP) is 5.19. The van der Waals surface area contributed by atoms with Gasteiger partial charge in [0.1, 0.15) is 11.5 Å². The fourth-order valence-corrected chi connectivity index (χ4v) is 2.79. The topological polar surface area (TPSA) is 43.4 Å². The molecule has 9 heteroatoms. The van der Waals surface area contributed by atoms with E-state index in [-0.39, 0.29) is 20.9 Å². The number of ether oxygens (including phenoxy) is 1. The lowest BCUT2D eigenvalue weighted by atomic mass is 10.2. The Kier molecular flexibility index (Phi) is 4.74. The first-order chi connectivity index (χ1) is 10.1. The molecule has 0 aromatic heterocycles. The zero-order valence-electron chi connectivity index (χ0n) is 10.6. The van der Waals surface area contributed by atoms with E-state index in [1.807, 2.05) is 0 Å². The fourth-order valence-electron chi connectivity index (χ4n) is 1.56. The minimum atomic E-state index is -4.45. The van der Waals surface area contributed by atoms with E-state index in [4.69, 9.17) is 15.4 Å². The zero-order chi connectivity index (χ0) is 16.5. The van der Waals surface area contributed by atoms with Crippen molar-refractivity contribution >= 4 is 35.7 Å². The lowest BCUT2D eigenvalue weighted by Crippen LogP contribution is -2.04. The van der Waals surface area contributed by atoms with Crippen LogP contribution >= 0.6 is 26.6 Å². The Hall–Kier alpha value is -1.25. The number of hydrogen-bond donors (Lipinski definition) is 0. The molecular formula is C13H7BrClF3O3S. The Morgan fingerprint density at radius 2 is 1.64 bits per heavy atom. The molecule has 0 bridgehead atoms. The minimum Gasteiger partial charge on any atom is -0.456 e. The molecule has 0 aliphatic carbocycles. The van der Waals surface area contributed by atoms with Crippen LogP contribution in [0.4, 0.5) is 13.2 Å². The molecule has 2 aromatic carbocycles. The molecular weight excluding hydrogens is 409 g/mol. The van der Waals surface area contributed by atoms with E-state index in [2.05, 4.69) is 15.9 Å². The molecule has 2 rings (SSSR count). The van der Waals surface area contributed by atoms with Gasteiger partial charge in [0.2, 0.25) is 0 Å². The van der Waals surface area contributed by atoms with Gasteiger partial charge >= 0.3 is 6.18 Å². The van der Waals surface area contributed by atoms with E-state index < -0.39 is 20.8 Å². The molecule has 0 unspecified atom stereocenters. The zero-order valence-corrected chi connectivity index (χ0v) is 13.7. The molecule has 0 N–H and O–H groups in total. The van der Waals surface area contributed by atoms with Crippen LogP contribution in [0.25, 0.3) is 0 Å². The van der Waals surface area contributed by atoms with Crippen molar-refractivity contribution in [3.63, 3.8) is 0 Å². The first kappa shape index (κ1) is 17.1. The predicted molar refractivity (Wildman–Crippen MR) is 78.7 cm³/mol. The van der Waals surface area contributed by atoms with Gasteiger partial charge in [-0.3, -0.25) is 0 Å². The summed E-state index contributed by atoms with van der Waals surface area (Å²) in [4.78, 5) is -0.104. The summed E-state index contributed by atoms with van der Waals surface area (Å²) in [6.07, 6.45) is -4.45. The molecule has 0 saturated carbocycles. The standard InChI is InChI=1S/C13H7BrClF3O3S/c14-11-7-8(13(16,17)18)1-6-12(11)21-9-2-4-10(5-3-9)22(15,19)20/h1-7H. The molecule has 3 nitrogen and oxygen atoms in total. The Morgan fingerprint density at radius 3 is 2.09 bits per heavy atom. The van der Waals surface area contributed by atoms with Crippen molar-refractivity contribution in [2.45, 2.75) is 11.1 Å². The monoisotopic (exact) mass is 414 g/mol. The summed E-state index contributed by atoms with van der Waals surface area (Å²) in [6, 6.07) is 8.10. The van der Waals surface area contributed by atoms with Crippen LogP contribution in [0.3, 0.4) is 0 Å². The molecule has 0 radical (unpaired) electrons. The van der Waals surface area contributed by atoms with Crippen molar-refractivity contribution in [1.82, 2.24) is 0 Å². The second kappa shape index (κ2) is 6.10. The Bertz CT molecular complexity index is 789. The minimum absolute atomic E-state index is 0.104. The maximum absolute atomic E-state index is 12.6. The van der Waals surface area contributed by atoms with Crippen LogP contribution in [0, 0.1) is 0 Å². The van der Waals surface area contributed by atoms with Gasteiger partial charge < -0.3 is 4.74 Å². The van der Waals surface area contributed by atoms with Crippen LogP contribution in [0.1, 0.15) is 5.56 Å². The molecule has 0 spiro atoms. The second-order valence-electron chi connectivity index (χ2n) is 4.15. The fraction of sp³-hybridized carbons (Fsp3) is 0.0769. The highest BCUT2D eigenvalue weighted by atomic mass is 79.9. The maximum Gasteiger partial charge on any atom is 0.416 e. The van der Waals surface area contributed by atoms with E-state index in [0.29, 0.717) is 0 Å². The summed E-state index contributed by atoms with van der Waals surface area (Å²) in [5, 5.41) is 0. The third-order valence-electron chi connectivity index (χ3n) is 2.59. The van der Waals surface area contributed by atoms with Gasteiger partial charge in [-0.2, -0.15) is 13.2 Å². The largest absolute Gasteiger partial charge is 0.456 e. The van der Waals surface area contributed by atoms with E-state index in [0.717, 1.165) is 12.1 Å². The van der Waals surface area contributed by atoms with Gasteiger partial charge in [0, 0.05) is 10.7 Å². The highest BCUT2D eigenvalue weighted by Gasteiger charge is 2.31. The Balaban J connectivity index is 2.24. The molecule has 0 fully saturated rings. The second-order valence-corrected chi connectivity index (χ2v) is 7.57. The van der Waals surface area contributed by atoms with Gasteiger partial charge in [-0.05, 0) is 58.4 Å². The lowest BCUT2D eigenvalue weighted by molar-refractivity contribution is -0.137.